The molecule has 0 saturated heterocycles. The van der Waals surface area contributed by atoms with E-state index in [2.05, 4.69) is 0 Å². The highest BCUT2D eigenvalue weighted by atomic mass is 32.2. The third-order valence-corrected chi connectivity index (χ3v) is 5.13. The molecule has 0 spiro atoms. The lowest BCUT2D eigenvalue weighted by molar-refractivity contribution is 0.110. The van der Waals surface area contributed by atoms with Gasteiger partial charge in [-0.1, -0.05) is 0 Å². The second-order valence-corrected chi connectivity index (χ2v) is 6.83. The second kappa shape index (κ2) is 6.65. The summed E-state index contributed by atoms with van der Waals surface area (Å²) < 4.78 is 25.4. The van der Waals surface area contributed by atoms with Gasteiger partial charge in [0.2, 0.25) is 9.84 Å². The zero-order valence-corrected chi connectivity index (χ0v) is 13.2. The number of benzene rings is 2. The standard InChI is InChI=1S/C16H10O8S/c17-5-9-1-13(2-10(6-18)15(9)21)25(23,24)14-3-11(7-19)16(22)12(4-14)8-20/h1-8,21-22H. The number of phenols is 2. The van der Waals surface area contributed by atoms with E-state index in [1.165, 1.54) is 0 Å². The molecule has 0 aliphatic carbocycles. The monoisotopic (exact) mass is 362 g/mol. The van der Waals surface area contributed by atoms with Gasteiger partial charge in [0.25, 0.3) is 0 Å². The fraction of sp³-hybridized carbons (Fsp3) is 0. The Morgan fingerprint density at radius 1 is 0.600 bits per heavy atom. The number of sulfone groups is 1. The van der Waals surface area contributed by atoms with Crippen LogP contribution in [-0.2, 0) is 9.84 Å². The van der Waals surface area contributed by atoms with Crippen molar-refractivity contribution >= 4 is 35.0 Å². The maximum atomic E-state index is 12.7. The van der Waals surface area contributed by atoms with Crippen molar-refractivity contribution in [1.29, 1.82) is 0 Å². The molecule has 0 unspecified atom stereocenters. The summed E-state index contributed by atoms with van der Waals surface area (Å²) in [6.07, 6.45) is 0.690. The normalized spacial score (nSPS) is 10.9. The predicted octanol–water partition coefficient (Wildman–Crippen LogP) is 1.18. The SMILES string of the molecule is O=Cc1cc(S(=O)(=O)c2cc(C=O)c(O)c(C=O)c2)cc(C=O)c1O. The molecular formula is C16H10O8S. The predicted molar refractivity (Wildman–Crippen MR) is 83.2 cm³/mol. The molecular weight excluding hydrogens is 352 g/mol. The first-order valence-electron chi connectivity index (χ1n) is 6.60. The van der Waals surface area contributed by atoms with Crippen molar-refractivity contribution in [3.63, 3.8) is 0 Å². The number of hydrogen-bond acceptors (Lipinski definition) is 8. The molecule has 2 aromatic rings. The van der Waals surface area contributed by atoms with Crippen molar-refractivity contribution < 1.29 is 37.8 Å². The van der Waals surface area contributed by atoms with E-state index >= 15 is 0 Å². The molecule has 0 saturated carbocycles. The summed E-state index contributed by atoms with van der Waals surface area (Å²) in [5, 5.41) is 19.3. The lowest BCUT2D eigenvalue weighted by Gasteiger charge is -2.10. The minimum absolute atomic E-state index is 0.172. The van der Waals surface area contributed by atoms with E-state index in [1.54, 1.807) is 0 Å². The Morgan fingerprint density at radius 2 is 0.840 bits per heavy atom. The van der Waals surface area contributed by atoms with Crippen LogP contribution < -0.4 is 0 Å². The Labute approximate surface area is 141 Å². The highest BCUT2D eigenvalue weighted by Gasteiger charge is 2.24. The lowest BCUT2D eigenvalue weighted by Crippen LogP contribution is -2.06. The molecule has 2 rings (SSSR count). The van der Waals surface area contributed by atoms with Crippen molar-refractivity contribution in [2.24, 2.45) is 0 Å². The molecule has 0 aliphatic heterocycles. The van der Waals surface area contributed by atoms with E-state index in [0.717, 1.165) is 24.3 Å². The molecule has 128 valence electrons. The van der Waals surface area contributed by atoms with Crippen LogP contribution in [0.3, 0.4) is 0 Å². The van der Waals surface area contributed by atoms with Crippen LogP contribution in [0.25, 0.3) is 0 Å². The first-order valence-corrected chi connectivity index (χ1v) is 8.08. The van der Waals surface area contributed by atoms with Crippen LogP contribution in [0.2, 0.25) is 0 Å². The molecule has 0 radical (unpaired) electrons. The molecule has 0 heterocycles. The summed E-state index contributed by atoms with van der Waals surface area (Å²) in [6.45, 7) is 0. The minimum atomic E-state index is -4.36. The van der Waals surface area contributed by atoms with E-state index in [-0.39, 0.29) is 25.1 Å². The second-order valence-electron chi connectivity index (χ2n) is 4.88. The highest BCUT2D eigenvalue weighted by molar-refractivity contribution is 7.91. The molecule has 0 amide bonds. The van der Waals surface area contributed by atoms with Gasteiger partial charge in [-0.05, 0) is 24.3 Å². The smallest absolute Gasteiger partial charge is 0.206 e. The Hall–Kier alpha value is -3.33. The zero-order chi connectivity index (χ0) is 18.8. The summed E-state index contributed by atoms with van der Waals surface area (Å²) in [5.74, 6) is -1.34. The molecule has 2 N–H and O–H groups in total. The van der Waals surface area contributed by atoms with E-state index in [9.17, 15) is 37.8 Å². The summed E-state index contributed by atoms with van der Waals surface area (Å²) in [7, 11) is -4.36. The van der Waals surface area contributed by atoms with Gasteiger partial charge in [-0.2, -0.15) is 0 Å². The largest absolute Gasteiger partial charge is 0.506 e. The third-order valence-electron chi connectivity index (χ3n) is 3.41. The van der Waals surface area contributed by atoms with Gasteiger partial charge in [-0.25, -0.2) is 8.42 Å². The number of carbonyl (C=O) groups is 4. The van der Waals surface area contributed by atoms with Gasteiger partial charge in [-0.15, -0.1) is 0 Å². The maximum Gasteiger partial charge on any atom is 0.206 e. The Kier molecular flexibility index (Phi) is 4.79. The number of hydrogen-bond donors (Lipinski definition) is 2. The number of aldehydes is 4. The van der Waals surface area contributed by atoms with Crippen LogP contribution in [-0.4, -0.2) is 43.8 Å². The van der Waals surface area contributed by atoms with E-state index in [0.29, 0.717) is 0 Å². The van der Waals surface area contributed by atoms with Crippen molar-refractivity contribution in [3.8, 4) is 11.5 Å². The molecule has 0 aromatic heterocycles. The van der Waals surface area contributed by atoms with Crippen molar-refractivity contribution in [1.82, 2.24) is 0 Å². The molecule has 9 heteroatoms. The van der Waals surface area contributed by atoms with E-state index < -0.39 is 53.4 Å². The van der Waals surface area contributed by atoms with Gasteiger partial charge in [0.1, 0.15) is 11.5 Å². The molecule has 0 fully saturated rings. The van der Waals surface area contributed by atoms with Crippen molar-refractivity contribution in [3.05, 3.63) is 46.5 Å². The average molecular weight is 362 g/mol. The first kappa shape index (κ1) is 18.0. The van der Waals surface area contributed by atoms with Crippen LogP contribution >= 0.6 is 0 Å². The molecule has 0 atom stereocenters. The lowest BCUT2D eigenvalue weighted by atomic mass is 10.1. The average Bonchev–Trinajstić information content (AvgIpc) is 2.61. The van der Waals surface area contributed by atoms with Crippen LogP contribution in [0.4, 0.5) is 0 Å². The van der Waals surface area contributed by atoms with E-state index in [4.69, 9.17) is 0 Å². The first-order chi connectivity index (χ1) is 11.8. The van der Waals surface area contributed by atoms with Gasteiger partial charge in [0.05, 0.1) is 32.0 Å². The maximum absolute atomic E-state index is 12.7. The van der Waals surface area contributed by atoms with Crippen LogP contribution in [0, 0.1) is 0 Å². The number of carbonyl (C=O) groups excluding carboxylic acids is 4. The molecule has 0 bridgehead atoms. The zero-order valence-electron chi connectivity index (χ0n) is 12.4. The van der Waals surface area contributed by atoms with Crippen molar-refractivity contribution in [2.45, 2.75) is 9.79 Å². The molecule has 25 heavy (non-hydrogen) atoms. The van der Waals surface area contributed by atoms with Gasteiger partial charge < -0.3 is 10.2 Å². The van der Waals surface area contributed by atoms with Gasteiger partial charge in [0.15, 0.2) is 25.1 Å². The number of aromatic hydroxyl groups is 2. The molecule has 0 aliphatic rings. The fourth-order valence-corrected chi connectivity index (χ4v) is 3.51. The Morgan fingerprint density at radius 3 is 1.04 bits per heavy atom. The Bertz CT molecular complexity index is 871. The quantitative estimate of drug-likeness (QED) is 0.729. The number of phenolic OH excluding ortho intramolecular Hbond substituents is 2. The number of rotatable bonds is 6. The summed E-state index contributed by atoms with van der Waals surface area (Å²) >= 11 is 0. The molecule has 2 aromatic carbocycles. The van der Waals surface area contributed by atoms with Gasteiger partial charge >= 0.3 is 0 Å². The molecule has 8 nitrogen and oxygen atoms in total. The van der Waals surface area contributed by atoms with Gasteiger partial charge in [0, 0.05) is 0 Å². The van der Waals surface area contributed by atoms with Crippen LogP contribution in [0.15, 0.2) is 34.1 Å². The van der Waals surface area contributed by atoms with E-state index in [1.807, 2.05) is 0 Å². The van der Waals surface area contributed by atoms with Crippen molar-refractivity contribution in [2.75, 3.05) is 0 Å². The fourth-order valence-electron chi connectivity index (χ4n) is 2.11. The summed E-state index contributed by atoms with van der Waals surface area (Å²) in [4.78, 5) is 42.8. The Balaban J connectivity index is 2.80. The third kappa shape index (κ3) is 3.04. The summed E-state index contributed by atoms with van der Waals surface area (Å²) in [5.41, 5.74) is -1.69. The van der Waals surface area contributed by atoms with Gasteiger partial charge in [-0.3, -0.25) is 19.2 Å². The van der Waals surface area contributed by atoms with Crippen LogP contribution in [0.1, 0.15) is 41.4 Å². The summed E-state index contributed by atoms with van der Waals surface area (Å²) in [6, 6.07) is 3.38. The van der Waals surface area contributed by atoms with Crippen LogP contribution in [0.5, 0.6) is 11.5 Å². The minimum Gasteiger partial charge on any atom is -0.506 e. The topological polar surface area (TPSA) is 143 Å². The highest BCUT2D eigenvalue weighted by Crippen LogP contribution is 2.31.